The molecule has 2 aliphatic rings. The van der Waals surface area contributed by atoms with Crippen LogP contribution in [0, 0.1) is 0 Å². The van der Waals surface area contributed by atoms with E-state index < -0.39 is 29.3 Å². The molecule has 26 heavy (non-hydrogen) atoms. The Kier molecular flexibility index (Phi) is 5.48. The van der Waals surface area contributed by atoms with Crippen LogP contribution in [-0.2, 0) is 9.47 Å². The second-order valence-corrected chi connectivity index (χ2v) is 9.94. The van der Waals surface area contributed by atoms with Gasteiger partial charge in [0.2, 0.25) is 0 Å². The summed E-state index contributed by atoms with van der Waals surface area (Å²) in [6.45, 7) is 0.538. The number of aliphatic hydroxyl groups is 1. The molecule has 2 aromatic carbocycles. The molecule has 2 saturated heterocycles. The van der Waals surface area contributed by atoms with E-state index in [4.69, 9.17) is 38.4 Å². The summed E-state index contributed by atoms with van der Waals surface area (Å²) in [7, 11) is -0.730. The molecule has 0 radical (unpaired) electrons. The van der Waals surface area contributed by atoms with Crippen molar-refractivity contribution in [2.75, 3.05) is 12.4 Å². The molecule has 2 heterocycles. The lowest BCUT2D eigenvalue weighted by Crippen LogP contribution is -2.60. The summed E-state index contributed by atoms with van der Waals surface area (Å²) in [5.41, 5.74) is 7.26. The van der Waals surface area contributed by atoms with Gasteiger partial charge in [0.15, 0.2) is 6.29 Å². The molecule has 0 spiro atoms. The number of rotatable bonds is 2. The van der Waals surface area contributed by atoms with E-state index in [0.717, 1.165) is 10.5 Å². The maximum Gasteiger partial charge on any atom is 0.184 e. The van der Waals surface area contributed by atoms with Crippen LogP contribution in [0.4, 0.5) is 0 Å². The molecule has 6 atom stereocenters. The van der Waals surface area contributed by atoms with Crippen LogP contribution in [0.3, 0.4) is 0 Å². The van der Waals surface area contributed by atoms with Crippen LogP contribution in [-0.4, -0.2) is 41.0 Å². The molecule has 0 saturated carbocycles. The Morgan fingerprint density at radius 1 is 1.08 bits per heavy atom. The fraction of sp³-hybridized carbons (Fsp3) is 0.368. The van der Waals surface area contributed by atoms with Gasteiger partial charge in [0.05, 0.1) is 34.9 Å². The zero-order valence-corrected chi connectivity index (χ0v) is 16.4. The molecule has 2 unspecified atom stereocenters. The predicted octanol–water partition coefficient (Wildman–Crippen LogP) is 3.54. The number of thiol groups is 1. The lowest BCUT2D eigenvalue weighted by Gasteiger charge is -2.50. The lowest BCUT2D eigenvalue weighted by atomic mass is 10.0. The Hall–Kier alpha value is -0.790. The second kappa shape index (κ2) is 7.68. The Morgan fingerprint density at radius 2 is 1.85 bits per heavy atom. The molecule has 0 aromatic heterocycles. The second-order valence-electron chi connectivity index (χ2n) is 6.64. The highest BCUT2D eigenvalue weighted by Gasteiger charge is 2.46. The third kappa shape index (κ3) is 3.50. The van der Waals surface area contributed by atoms with Crippen molar-refractivity contribution in [1.29, 1.82) is 0 Å². The summed E-state index contributed by atoms with van der Waals surface area (Å²) in [6.07, 6.45) is -1.34. The fourth-order valence-corrected chi connectivity index (χ4v) is 6.93. The van der Waals surface area contributed by atoms with Crippen molar-refractivity contribution in [2.24, 2.45) is 5.73 Å². The molecule has 4 nitrogen and oxygen atoms in total. The summed E-state index contributed by atoms with van der Waals surface area (Å²) in [5, 5.41) is 11.7. The van der Waals surface area contributed by atoms with Crippen LogP contribution in [0.2, 0.25) is 10.0 Å². The van der Waals surface area contributed by atoms with Crippen LogP contribution in [0.5, 0.6) is 0 Å². The van der Waals surface area contributed by atoms with Crippen LogP contribution in [0.25, 0.3) is 0 Å². The van der Waals surface area contributed by atoms with Gasteiger partial charge in [0.1, 0.15) is 0 Å². The molecule has 3 N–H and O–H groups in total. The lowest BCUT2D eigenvalue weighted by molar-refractivity contribution is -0.224. The van der Waals surface area contributed by atoms with E-state index in [2.05, 4.69) is 0 Å². The number of nitrogens with two attached hydrogens (primary N) is 1. The van der Waals surface area contributed by atoms with Gasteiger partial charge in [-0.15, -0.1) is 0 Å². The molecular weight excluding hydrogens is 393 g/mol. The molecule has 0 bridgehead atoms. The van der Waals surface area contributed by atoms with Crippen LogP contribution in [0.1, 0.15) is 11.9 Å². The highest BCUT2D eigenvalue weighted by atomic mass is 35.5. The number of ether oxygens (including phenoxy) is 2. The largest absolute Gasteiger partial charge is 0.391 e. The molecule has 7 heteroatoms. The minimum absolute atomic E-state index is 0.112. The quantitative estimate of drug-likeness (QED) is 0.658. The Bertz CT molecular complexity index is 779. The van der Waals surface area contributed by atoms with Gasteiger partial charge in [-0.2, -0.15) is 0 Å². The first kappa shape index (κ1) is 18.6. The summed E-state index contributed by atoms with van der Waals surface area (Å²) < 4.78 is 12.2. The van der Waals surface area contributed by atoms with Crippen molar-refractivity contribution in [3.05, 3.63) is 64.1 Å². The number of benzene rings is 2. The van der Waals surface area contributed by atoms with Crippen molar-refractivity contribution >= 4 is 34.1 Å². The first-order valence-electron chi connectivity index (χ1n) is 8.52. The van der Waals surface area contributed by atoms with Gasteiger partial charge in [-0.3, -0.25) is 0 Å². The van der Waals surface area contributed by atoms with Gasteiger partial charge in [0.25, 0.3) is 0 Å². The van der Waals surface area contributed by atoms with Crippen molar-refractivity contribution in [1.82, 2.24) is 0 Å². The number of halogens is 2. The summed E-state index contributed by atoms with van der Waals surface area (Å²) in [4.78, 5) is 1.08. The molecule has 2 aromatic rings. The monoisotopic (exact) mass is 413 g/mol. The van der Waals surface area contributed by atoms with Crippen molar-refractivity contribution in [3.63, 3.8) is 0 Å². The molecule has 2 fully saturated rings. The van der Waals surface area contributed by atoms with Gasteiger partial charge < -0.3 is 20.3 Å². The highest BCUT2D eigenvalue weighted by molar-refractivity contribution is 8.17. The normalized spacial score (nSPS) is 35.7. The summed E-state index contributed by atoms with van der Waals surface area (Å²) in [5.74, 6) is 0.609. The molecular formula is C19H21Cl2NO3S. The van der Waals surface area contributed by atoms with Gasteiger partial charge in [-0.05, 0) is 23.1 Å². The highest BCUT2D eigenvalue weighted by Crippen LogP contribution is 2.51. The Labute approximate surface area is 165 Å². The van der Waals surface area contributed by atoms with E-state index in [1.54, 1.807) is 6.07 Å². The number of fused-ring (bicyclic) bond motifs is 1. The standard InChI is InChI=1S/C19H21Cl2NO3S/c20-13-7-6-12(8-14(13)21)26-10-15(23)17(22)18-16(26)9-24-19(25-18)11-4-2-1-3-5-11/h1-8,15-19,23,26H,9-10,22H2/t15-,16+,17+,18-,19?/m0/s1. The zero-order chi connectivity index (χ0) is 18.3. The Balaban J connectivity index is 1.61. The van der Waals surface area contributed by atoms with Gasteiger partial charge in [-0.25, -0.2) is 10.9 Å². The van der Waals surface area contributed by atoms with Crippen LogP contribution < -0.4 is 5.73 Å². The zero-order valence-electron chi connectivity index (χ0n) is 14.0. The fourth-order valence-electron chi connectivity index (χ4n) is 3.59. The Morgan fingerprint density at radius 3 is 2.58 bits per heavy atom. The average Bonchev–Trinajstić information content (AvgIpc) is 2.67. The molecule has 0 amide bonds. The minimum atomic E-state index is -0.730. The van der Waals surface area contributed by atoms with Gasteiger partial charge in [-0.1, -0.05) is 53.5 Å². The van der Waals surface area contributed by atoms with Gasteiger partial charge in [0, 0.05) is 16.6 Å². The smallest absolute Gasteiger partial charge is 0.184 e. The minimum Gasteiger partial charge on any atom is -0.391 e. The topological polar surface area (TPSA) is 64.7 Å². The molecule has 2 aliphatic heterocycles. The summed E-state index contributed by atoms with van der Waals surface area (Å²) in [6, 6.07) is 15.0. The third-order valence-electron chi connectivity index (χ3n) is 4.99. The van der Waals surface area contributed by atoms with Crippen LogP contribution in [0.15, 0.2) is 53.4 Å². The number of aliphatic hydroxyl groups excluding tert-OH is 1. The summed E-state index contributed by atoms with van der Waals surface area (Å²) >= 11 is 12.3. The first-order valence-corrected chi connectivity index (χ1v) is 10.9. The van der Waals surface area contributed by atoms with E-state index in [9.17, 15) is 5.11 Å². The molecule has 140 valence electrons. The average molecular weight is 414 g/mol. The van der Waals surface area contributed by atoms with E-state index in [1.165, 1.54) is 0 Å². The maximum absolute atomic E-state index is 10.5. The van der Waals surface area contributed by atoms with E-state index in [-0.39, 0.29) is 11.4 Å². The molecule has 0 aliphatic carbocycles. The molecule has 4 rings (SSSR count). The maximum atomic E-state index is 10.5. The SMILES string of the molecule is N[C@H]1[C@H]2OC(c3ccccc3)OC[C@H]2[SH](c2ccc(Cl)c(Cl)c2)C[C@@H]1O. The van der Waals surface area contributed by atoms with Crippen LogP contribution >= 0.6 is 34.1 Å². The van der Waals surface area contributed by atoms with Crippen molar-refractivity contribution < 1.29 is 14.6 Å². The van der Waals surface area contributed by atoms with Crippen molar-refractivity contribution in [2.45, 2.75) is 34.7 Å². The van der Waals surface area contributed by atoms with Crippen molar-refractivity contribution in [3.8, 4) is 0 Å². The number of hydrogen-bond donors (Lipinski definition) is 3. The van der Waals surface area contributed by atoms with E-state index in [1.807, 2.05) is 42.5 Å². The van der Waals surface area contributed by atoms with Gasteiger partial charge >= 0.3 is 0 Å². The third-order valence-corrected chi connectivity index (χ3v) is 8.68. The predicted molar refractivity (Wildman–Crippen MR) is 106 cm³/mol. The van der Waals surface area contributed by atoms with E-state index >= 15 is 0 Å². The first-order chi connectivity index (χ1) is 12.5. The van der Waals surface area contributed by atoms with E-state index in [0.29, 0.717) is 22.4 Å². The number of hydrogen-bond acceptors (Lipinski definition) is 4.